The smallest absolute Gasteiger partial charge is 0.240 e. The lowest BCUT2D eigenvalue weighted by Crippen LogP contribution is -2.29. The first-order chi connectivity index (χ1) is 9.94. The molecule has 0 aromatic heterocycles. The molecular weight excluding hydrogens is 284 g/mol. The van der Waals surface area contributed by atoms with E-state index >= 15 is 0 Å². The van der Waals surface area contributed by atoms with Crippen molar-refractivity contribution in [2.45, 2.75) is 45.1 Å². The Morgan fingerprint density at radius 3 is 2.67 bits per heavy atom. The third-order valence-electron chi connectivity index (χ3n) is 4.22. The molecule has 1 aromatic rings. The van der Waals surface area contributed by atoms with E-state index in [1.54, 1.807) is 12.1 Å². The van der Waals surface area contributed by atoms with Crippen LogP contribution in [0.5, 0.6) is 0 Å². The summed E-state index contributed by atoms with van der Waals surface area (Å²) < 4.78 is 27.5. The Labute approximate surface area is 128 Å². The molecular formula is C16H26N2O2S. The molecule has 1 unspecified atom stereocenters. The van der Waals surface area contributed by atoms with Gasteiger partial charge in [-0.05, 0) is 61.4 Å². The Morgan fingerprint density at radius 1 is 1.33 bits per heavy atom. The van der Waals surface area contributed by atoms with Gasteiger partial charge in [0.05, 0.1) is 4.90 Å². The minimum atomic E-state index is -3.40. The molecule has 0 amide bonds. The topological polar surface area (TPSA) is 58.2 Å². The van der Waals surface area contributed by atoms with Gasteiger partial charge in [-0.15, -0.1) is 0 Å². The van der Waals surface area contributed by atoms with E-state index in [0.717, 1.165) is 17.7 Å². The summed E-state index contributed by atoms with van der Waals surface area (Å²) in [5.74, 6) is 1.13. The van der Waals surface area contributed by atoms with Gasteiger partial charge < -0.3 is 5.32 Å². The Kier molecular flexibility index (Phi) is 5.41. The Morgan fingerprint density at radius 2 is 2.05 bits per heavy atom. The first kappa shape index (κ1) is 16.5. The van der Waals surface area contributed by atoms with Gasteiger partial charge in [0.1, 0.15) is 0 Å². The average molecular weight is 310 g/mol. The lowest BCUT2D eigenvalue weighted by atomic mass is 10.1. The number of aryl methyl sites for hydroxylation is 1. The maximum atomic E-state index is 12.4. The van der Waals surface area contributed by atoms with Crippen LogP contribution in [0.1, 0.15) is 37.8 Å². The standard InChI is InChI=1S/C16H26N2O2S/c1-4-17-11-15-9-16(8-5-12(15)2)21(19,20)18-10-13(3)14-6-7-14/h5,8-9,13-14,17-18H,4,6-7,10-11H2,1-3H3. The predicted octanol–water partition coefficient (Wildman–Crippen LogP) is 2.43. The van der Waals surface area contributed by atoms with E-state index < -0.39 is 10.0 Å². The van der Waals surface area contributed by atoms with Crippen molar-refractivity contribution in [1.29, 1.82) is 0 Å². The van der Waals surface area contributed by atoms with Gasteiger partial charge in [0.25, 0.3) is 0 Å². The fourth-order valence-electron chi connectivity index (χ4n) is 2.42. The number of nitrogens with one attached hydrogen (secondary N) is 2. The van der Waals surface area contributed by atoms with Crippen molar-refractivity contribution in [2.24, 2.45) is 11.8 Å². The van der Waals surface area contributed by atoms with Gasteiger partial charge >= 0.3 is 0 Å². The highest BCUT2D eigenvalue weighted by Crippen LogP contribution is 2.36. The third-order valence-corrected chi connectivity index (χ3v) is 5.64. The van der Waals surface area contributed by atoms with Crippen LogP contribution in [0, 0.1) is 18.8 Å². The molecule has 4 nitrogen and oxygen atoms in total. The summed E-state index contributed by atoms with van der Waals surface area (Å²) in [7, 11) is -3.40. The third kappa shape index (κ3) is 4.53. The molecule has 1 fully saturated rings. The maximum absolute atomic E-state index is 12.4. The van der Waals surface area contributed by atoms with Crippen LogP contribution in [0.4, 0.5) is 0 Å². The molecule has 1 aliphatic carbocycles. The number of sulfonamides is 1. The molecule has 1 aromatic carbocycles. The van der Waals surface area contributed by atoms with Crippen LogP contribution in [0.2, 0.25) is 0 Å². The second-order valence-corrected chi connectivity index (χ2v) is 7.80. The molecule has 2 rings (SSSR count). The van der Waals surface area contributed by atoms with E-state index in [2.05, 4.69) is 17.0 Å². The summed E-state index contributed by atoms with van der Waals surface area (Å²) in [6, 6.07) is 5.35. The van der Waals surface area contributed by atoms with E-state index in [4.69, 9.17) is 0 Å². The van der Waals surface area contributed by atoms with Crippen molar-refractivity contribution < 1.29 is 8.42 Å². The minimum Gasteiger partial charge on any atom is -0.313 e. The molecule has 2 N–H and O–H groups in total. The molecule has 0 aliphatic heterocycles. The van der Waals surface area contributed by atoms with E-state index in [-0.39, 0.29) is 0 Å². The van der Waals surface area contributed by atoms with Crippen LogP contribution in [0.25, 0.3) is 0 Å². The van der Waals surface area contributed by atoms with Gasteiger partial charge in [0.2, 0.25) is 10.0 Å². The minimum absolute atomic E-state index is 0.365. The van der Waals surface area contributed by atoms with Gasteiger partial charge in [-0.3, -0.25) is 0 Å². The highest BCUT2D eigenvalue weighted by molar-refractivity contribution is 7.89. The number of hydrogen-bond donors (Lipinski definition) is 2. The zero-order valence-electron chi connectivity index (χ0n) is 13.1. The van der Waals surface area contributed by atoms with Crippen molar-refractivity contribution >= 4 is 10.0 Å². The van der Waals surface area contributed by atoms with Crippen LogP contribution < -0.4 is 10.0 Å². The molecule has 21 heavy (non-hydrogen) atoms. The molecule has 0 bridgehead atoms. The van der Waals surface area contributed by atoms with Gasteiger partial charge in [0.15, 0.2) is 0 Å². The fourth-order valence-corrected chi connectivity index (χ4v) is 3.62. The first-order valence-electron chi connectivity index (χ1n) is 7.74. The highest BCUT2D eigenvalue weighted by Gasteiger charge is 2.28. The van der Waals surface area contributed by atoms with E-state index in [1.807, 2.05) is 19.9 Å². The number of hydrogen-bond acceptors (Lipinski definition) is 3. The van der Waals surface area contributed by atoms with Gasteiger partial charge in [-0.1, -0.05) is 19.9 Å². The Bertz CT molecular complexity index is 580. The van der Waals surface area contributed by atoms with Crippen molar-refractivity contribution in [1.82, 2.24) is 10.0 Å². The van der Waals surface area contributed by atoms with Crippen LogP contribution >= 0.6 is 0 Å². The van der Waals surface area contributed by atoms with Gasteiger partial charge in [-0.25, -0.2) is 13.1 Å². The lowest BCUT2D eigenvalue weighted by Gasteiger charge is -2.14. The van der Waals surface area contributed by atoms with Crippen molar-refractivity contribution in [2.75, 3.05) is 13.1 Å². The average Bonchev–Trinajstić information content (AvgIpc) is 3.28. The van der Waals surface area contributed by atoms with Crippen LogP contribution in [-0.4, -0.2) is 21.5 Å². The maximum Gasteiger partial charge on any atom is 0.240 e. The van der Waals surface area contributed by atoms with E-state index in [1.165, 1.54) is 12.8 Å². The molecule has 0 spiro atoms. The Hall–Kier alpha value is -0.910. The molecule has 1 saturated carbocycles. The van der Waals surface area contributed by atoms with Crippen molar-refractivity contribution in [3.63, 3.8) is 0 Å². The van der Waals surface area contributed by atoms with E-state index in [0.29, 0.717) is 29.8 Å². The quantitative estimate of drug-likeness (QED) is 0.775. The monoisotopic (exact) mass is 310 g/mol. The van der Waals surface area contributed by atoms with Crippen LogP contribution in [0.3, 0.4) is 0 Å². The summed E-state index contributed by atoms with van der Waals surface area (Å²) >= 11 is 0. The number of benzene rings is 1. The number of rotatable bonds is 8. The summed E-state index contributed by atoms with van der Waals surface area (Å²) in [4.78, 5) is 0.365. The summed E-state index contributed by atoms with van der Waals surface area (Å²) in [6.45, 7) is 8.26. The molecule has 1 atom stereocenters. The summed E-state index contributed by atoms with van der Waals surface area (Å²) in [5, 5.41) is 3.24. The molecule has 0 saturated heterocycles. The molecule has 118 valence electrons. The SMILES string of the molecule is CCNCc1cc(S(=O)(=O)NCC(C)C2CC2)ccc1C. The second-order valence-electron chi connectivity index (χ2n) is 6.04. The zero-order valence-corrected chi connectivity index (χ0v) is 14.0. The lowest BCUT2D eigenvalue weighted by molar-refractivity contribution is 0.492. The molecule has 5 heteroatoms. The molecule has 0 heterocycles. The largest absolute Gasteiger partial charge is 0.313 e. The van der Waals surface area contributed by atoms with Crippen LogP contribution in [-0.2, 0) is 16.6 Å². The molecule has 1 aliphatic rings. The van der Waals surface area contributed by atoms with Crippen LogP contribution in [0.15, 0.2) is 23.1 Å². The fraction of sp³-hybridized carbons (Fsp3) is 0.625. The van der Waals surface area contributed by atoms with Gasteiger partial charge in [0, 0.05) is 13.1 Å². The summed E-state index contributed by atoms with van der Waals surface area (Å²) in [6.07, 6.45) is 2.47. The normalized spacial score (nSPS) is 16.9. The highest BCUT2D eigenvalue weighted by atomic mass is 32.2. The second kappa shape index (κ2) is 6.90. The summed E-state index contributed by atoms with van der Waals surface area (Å²) in [5.41, 5.74) is 2.15. The van der Waals surface area contributed by atoms with E-state index in [9.17, 15) is 8.42 Å². The van der Waals surface area contributed by atoms with Crippen molar-refractivity contribution in [3.05, 3.63) is 29.3 Å². The zero-order chi connectivity index (χ0) is 15.5. The van der Waals surface area contributed by atoms with Gasteiger partial charge in [-0.2, -0.15) is 0 Å². The van der Waals surface area contributed by atoms with Crippen molar-refractivity contribution in [3.8, 4) is 0 Å². The Balaban J connectivity index is 2.07. The predicted molar refractivity (Wildman–Crippen MR) is 85.6 cm³/mol. The molecule has 0 radical (unpaired) electrons. The first-order valence-corrected chi connectivity index (χ1v) is 9.22.